The highest BCUT2D eigenvalue weighted by Gasteiger charge is 2.15. The quantitative estimate of drug-likeness (QED) is 0.156. The third-order valence-corrected chi connectivity index (χ3v) is 10.7. The maximum absolute atomic E-state index is 6.22. The predicted molar refractivity (Wildman–Crippen MR) is 236 cm³/mol. The molecule has 10 rings (SSSR count). The Hall–Kier alpha value is -7.42. The minimum absolute atomic E-state index is 0.901. The summed E-state index contributed by atoms with van der Waals surface area (Å²) in [6, 6.07) is 80.1. The van der Waals surface area contributed by atoms with E-state index in [2.05, 4.69) is 217 Å². The second kappa shape index (κ2) is 14.4. The Morgan fingerprint density at radius 3 is 1.09 bits per heavy atom. The van der Waals surface area contributed by atoms with Crippen LogP contribution in [0.15, 0.2) is 229 Å². The Morgan fingerprint density at radius 2 is 0.571 bits per heavy atom. The molecule has 264 valence electrons. The summed E-state index contributed by atoms with van der Waals surface area (Å²) in [5, 5.41) is 2.28. The summed E-state index contributed by atoms with van der Waals surface area (Å²) in [6.07, 6.45) is 0. The van der Waals surface area contributed by atoms with Crippen molar-refractivity contribution in [3.05, 3.63) is 224 Å². The Labute approximate surface area is 327 Å². The molecule has 0 atom stereocenters. The third kappa shape index (κ3) is 6.44. The zero-order chi connectivity index (χ0) is 37.3. The zero-order valence-corrected chi connectivity index (χ0v) is 30.7. The highest BCUT2D eigenvalue weighted by atomic mass is 16.3. The predicted octanol–water partition coefficient (Wildman–Crippen LogP) is 15.4. The molecular weight excluding hydrogens is 679 g/mol. The molecule has 0 saturated heterocycles. The van der Waals surface area contributed by atoms with Crippen LogP contribution in [0.4, 0.5) is 17.1 Å². The van der Waals surface area contributed by atoms with Crippen LogP contribution in [0.2, 0.25) is 0 Å². The minimum atomic E-state index is 0.901. The molecule has 0 bridgehead atoms. The number of benzene rings is 9. The first-order valence-electron chi connectivity index (χ1n) is 19.1. The highest BCUT2D eigenvalue weighted by molar-refractivity contribution is 6.05. The second-order valence-corrected chi connectivity index (χ2v) is 14.2. The monoisotopic (exact) mass is 715 g/mol. The van der Waals surface area contributed by atoms with Crippen molar-refractivity contribution in [2.75, 3.05) is 4.90 Å². The van der Waals surface area contributed by atoms with Crippen LogP contribution >= 0.6 is 0 Å². The molecule has 0 N–H and O–H groups in total. The lowest BCUT2D eigenvalue weighted by Gasteiger charge is -2.26. The van der Waals surface area contributed by atoms with Crippen LogP contribution in [0, 0.1) is 0 Å². The fraction of sp³-hybridized carbons (Fsp3) is 0. The van der Waals surface area contributed by atoms with Crippen LogP contribution < -0.4 is 4.90 Å². The van der Waals surface area contributed by atoms with Gasteiger partial charge in [-0.15, -0.1) is 0 Å². The van der Waals surface area contributed by atoms with Crippen molar-refractivity contribution in [2.45, 2.75) is 0 Å². The number of anilines is 3. The summed E-state index contributed by atoms with van der Waals surface area (Å²) in [7, 11) is 0. The smallest absolute Gasteiger partial charge is 0.136 e. The zero-order valence-electron chi connectivity index (χ0n) is 30.7. The van der Waals surface area contributed by atoms with Gasteiger partial charge in [-0.1, -0.05) is 164 Å². The lowest BCUT2D eigenvalue weighted by atomic mass is 9.98. The van der Waals surface area contributed by atoms with Gasteiger partial charge in [-0.05, 0) is 116 Å². The molecule has 0 spiro atoms. The summed E-state index contributed by atoms with van der Waals surface area (Å²) in [5.74, 6) is 0. The van der Waals surface area contributed by atoms with Gasteiger partial charge >= 0.3 is 0 Å². The summed E-state index contributed by atoms with van der Waals surface area (Å²) >= 11 is 0. The summed E-state index contributed by atoms with van der Waals surface area (Å²) in [6.45, 7) is 0. The van der Waals surface area contributed by atoms with Crippen molar-refractivity contribution in [2.24, 2.45) is 0 Å². The van der Waals surface area contributed by atoms with Gasteiger partial charge in [-0.3, -0.25) is 0 Å². The molecule has 1 heterocycles. The normalized spacial score (nSPS) is 11.2. The molecular formula is C54H37NO. The lowest BCUT2D eigenvalue weighted by molar-refractivity contribution is 0.669. The van der Waals surface area contributed by atoms with Crippen LogP contribution in [0.1, 0.15) is 0 Å². The molecule has 0 aliphatic carbocycles. The van der Waals surface area contributed by atoms with Crippen molar-refractivity contribution in [3.63, 3.8) is 0 Å². The van der Waals surface area contributed by atoms with Gasteiger partial charge in [-0.2, -0.15) is 0 Å². The Kier molecular flexibility index (Phi) is 8.55. The number of hydrogen-bond acceptors (Lipinski definition) is 2. The van der Waals surface area contributed by atoms with Gasteiger partial charge in [-0.25, -0.2) is 0 Å². The molecule has 0 unspecified atom stereocenters. The third-order valence-electron chi connectivity index (χ3n) is 10.7. The molecule has 0 fully saturated rings. The number of fused-ring (bicyclic) bond motifs is 3. The first-order chi connectivity index (χ1) is 27.7. The van der Waals surface area contributed by atoms with Crippen LogP contribution in [0.5, 0.6) is 0 Å². The van der Waals surface area contributed by atoms with E-state index in [0.717, 1.165) is 50.1 Å². The maximum atomic E-state index is 6.22. The first kappa shape index (κ1) is 33.2. The van der Waals surface area contributed by atoms with Crippen molar-refractivity contribution >= 4 is 39.0 Å². The molecule has 2 heteroatoms. The Bertz CT molecular complexity index is 2910. The van der Waals surface area contributed by atoms with Crippen molar-refractivity contribution < 1.29 is 4.42 Å². The van der Waals surface area contributed by atoms with Crippen molar-refractivity contribution in [3.8, 4) is 55.6 Å². The number of furan rings is 1. The van der Waals surface area contributed by atoms with Gasteiger partial charge in [0, 0.05) is 27.8 Å². The van der Waals surface area contributed by atoms with E-state index in [1.54, 1.807) is 0 Å². The van der Waals surface area contributed by atoms with Gasteiger partial charge in [0.25, 0.3) is 0 Å². The molecule has 2 nitrogen and oxygen atoms in total. The fourth-order valence-electron chi connectivity index (χ4n) is 7.76. The number of para-hydroxylation sites is 1. The number of rotatable bonds is 8. The molecule has 0 saturated carbocycles. The van der Waals surface area contributed by atoms with E-state index < -0.39 is 0 Å². The second-order valence-electron chi connectivity index (χ2n) is 14.2. The molecule has 0 aliphatic heterocycles. The van der Waals surface area contributed by atoms with Crippen LogP contribution in [0.25, 0.3) is 77.6 Å². The topological polar surface area (TPSA) is 16.4 Å². The fourth-order valence-corrected chi connectivity index (χ4v) is 7.76. The van der Waals surface area contributed by atoms with E-state index in [4.69, 9.17) is 4.42 Å². The summed E-state index contributed by atoms with van der Waals surface area (Å²) < 4.78 is 6.22. The Morgan fingerprint density at radius 1 is 0.232 bits per heavy atom. The molecule has 1 aromatic heterocycles. The van der Waals surface area contributed by atoms with E-state index >= 15 is 0 Å². The molecule has 0 radical (unpaired) electrons. The maximum Gasteiger partial charge on any atom is 0.136 e. The molecule has 0 amide bonds. The van der Waals surface area contributed by atoms with E-state index in [1.165, 1.54) is 44.5 Å². The van der Waals surface area contributed by atoms with E-state index in [0.29, 0.717) is 0 Å². The summed E-state index contributed by atoms with van der Waals surface area (Å²) in [4.78, 5) is 2.33. The number of hydrogen-bond donors (Lipinski definition) is 0. The van der Waals surface area contributed by atoms with Crippen LogP contribution in [-0.2, 0) is 0 Å². The van der Waals surface area contributed by atoms with E-state index in [9.17, 15) is 0 Å². The van der Waals surface area contributed by atoms with Gasteiger partial charge in [0.15, 0.2) is 0 Å². The molecule has 10 aromatic rings. The highest BCUT2D eigenvalue weighted by Crippen LogP contribution is 2.39. The largest absolute Gasteiger partial charge is 0.456 e. The van der Waals surface area contributed by atoms with Crippen LogP contribution in [-0.4, -0.2) is 0 Å². The SMILES string of the molecule is c1ccc(-c2ccc(-c3ccc(N(c4ccc(-c5cccc(-c6ccccc6)c5)cc4)c4ccc(-c5ccc6c(c5)oc5ccccc56)cc4)cc3)cc2)cc1. The van der Waals surface area contributed by atoms with E-state index in [1.807, 2.05) is 12.1 Å². The lowest BCUT2D eigenvalue weighted by Crippen LogP contribution is -2.09. The van der Waals surface area contributed by atoms with Crippen molar-refractivity contribution in [1.82, 2.24) is 0 Å². The van der Waals surface area contributed by atoms with E-state index in [-0.39, 0.29) is 0 Å². The average Bonchev–Trinajstić information content (AvgIpc) is 3.66. The Balaban J connectivity index is 0.987. The first-order valence-corrected chi connectivity index (χ1v) is 19.1. The van der Waals surface area contributed by atoms with Crippen molar-refractivity contribution in [1.29, 1.82) is 0 Å². The van der Waals surface area contributed by atoms with Gasteiger partial charge < -0.3 is 9.32 Å². The molecule has 56 heavy (non-hydrogen) atoms. The molecule has 9 aromatic carbocycles. The number of nitrogens with zero attached hydrogens (tertiary/aromatic N) is 1. The standard InChI is InChI=1S/C54H37NO/c1-3-10-38(11-4-1)40-18-20-41(21-19-40)42-22-29-48(30-23-42)55(49-31-24-43(25-32-49)46-15-9-14-45(36-46)39-12-5-2-6-13-39)50-33-26-44(27-34-50)47-28-35-52-51-16-7-8-17-53(51)56-54(52)37-47/h1-37H. The molecule has 0 aliphatic rings. The summed E-state index contributed by atoms with van der Waals surface area (Å²) in [5.41, 5.74) is 16.9. The van der Waals surface area contributed by atoms with Gasteiger partial charge in [0.1, 0.15) is 11.2 Å². The van der Waals surface area contributed by atoms with Gasteiger partial charge in [0.05, 0.1) is 0 Å². The average molecular weight is 716 g/mol. The minimum Gasteiger partial charge on any atom is -0.456 e. The van der Waals surface area contributed by atoms with Crippen LogP contribution in [0.3, 0.4) is 0 Å². The van der Waals surface area contributed by atoms with Gasteiger partial charge in [0.2, 0.25) is 0 Å².